The predicted molar refractivity (Wildman–Crippen MR) is 56.4 cm³/mol. The molecule has 14 heavy (non-hydrogen) atoms. The van der Waals surface area contributed by atoms with Gasteiger partial charge in [0.25, 0.3) is 5.56 Å². The van der Waals surface area contributed by atoms with Crippen LogP contribution >= 0.6 is 0 Å². The zero-order valence-electron chi connectivity index (χ0n) is 8.79. The van der Waals surface area contributed by atoms with Gasteiger partial charge in [0.15, 0.2) is 0 Å². The largest absolute Gasteiger partial charge is 0.393 e. The lowest BCUT2D eigenvalue weighted by Gasteiger charge is -2.10. The minimum absolute atomic E-state index is 0.0174. The summed E-state index contributed by atoms with van der Waals surface area (Å²) < 4.78 is 3.78. The van der Waals surface area contributed by atoms with Crippen LogP contribution in [0.2, 0.25) is 0 Å². The molecule has 1 aromatic heterocycles. The van der Waals surface area contributed by atoms with Crippen LogP contribution in [0.1, 0.15) is 38.3 Å². The van der Waals surface area contributed by atoms with Crippen LogP contribution in [0.5, 0.6) is 0 Å². The second-order valence-electron chi connectivity index (χ2n) is 3.81. The number of nitrogen functional groups attached to an aromatic ring is 1. The third-order valence-electron chi connectivity index (χ3n) is 2.87. The van der Waals surface area contributed by atoms with Gasteiger partial charge in [-0.15, -0.1) is 0 Å². The SMILES string of the molecule is CCn1c(C2CC2)c(N)c(=O)n1CC. The highest BCUT2D eigenvalue weighted by Crippen LogP contribution is 2.41. The second-order valence-corrected chi connectivity index (χ2v) is 3.81. The maximum absolute atomic E-state index is 11.7. The Kier molecular flexibility index (Phi) is 2.13. The zero-order chi connectivity index (χ0) is 10.3. The monoisotopic (exact) mass is 195 g/mol. The molecule has 0 unspecified atom stereocenters. The molecule has 1 fully saturated rings. The van der Waals surface area contributed by atoms with Gasteiger partial charge in [-0.25, -0.2) is 4.68 Å². The molecule has 0 radical (unpaired) electrons. The van der Waals surface area contributed by atoms with E-state index in [4.69, 9.17) is 5.73 Å². The summed E-state index contributed by atoms with van der Waals surface area (Å²) in [7, 11) is 0. The molecule has 78 valence electrons. The molecule has 0 bridgehead atoms. The van der Waals surface area contributed by atoms with Gasteiger partial charge < -0.3 is 5.73 Å². The summed E-state index contributed by atoms with van der Waals surface area (Å²) in [6.45, 7) is 5.55. The zero-order valence-corrected chi connectivity index (χ0v) is 8.79. The topological polar surface area (TPSA) is 52.9 Å². The summed E-state index contributed by atoms with van der Waals surface area (Å²) in [6.07, 6.45) is 2.36. The standard InChI is InChI=1S/C10H17N3O/c1-3-12-9(7-5-6-7)8(11)10(14)13(12)4-2/h7H,3-6,11H2,1-2H3. The average molecular weight is 195 g/mol. The van der Waals surface area contributed by atoms with Crippen LogP contribution in [0.15, 0.2) is 4.79 Å². The highest BCUT2D eigenvalue weighted by molar-refractivity contribution is 5.45. The first-order valence-electron chi connectivity index (χ1n) is 5.29. The molecule has 2 rings (SSSR count). The Hall–Kier alpha value is -1.19. The molecule has 0 saturated heterocycles. The van der Waals surface area contributed by atoms with Gasteiger partial charge in [-0.2, -0.15) is 0 Å². The van der Waals surface area contributed by atoms with Crippen molar-refractivity contribution in [3.8, 4) is 0 Å². The number of rotatable bonds is 3. The van der Waals surface area contributed by atoms with Crippen LogP contribution in [0.4, 0.5) is 5.69 Å². The lowest BCUT2D eigenvalue weighted by Crippen LogP contribution is -2.22. The number of hydrogen-bond acceptors (Lipinski definition) is 2. The van der Waals surface area contributed by atoms with Crippen LogP contribution < -0.4 is 11.3 Å². The van der Waals surface area contributed by atoms with Crippen LogP contribution in [0, 0.1) is 0 Å². The third-order valence-corrected chi connectivity index (χ3v) is 2.87. The Balaban J connectivity index is 2.61. The van der Waals surface area contributed by atoms with E-state index in [1.165, 1.54) is 12.8 Å². The van der Waals surface area contributed by atoms with E-state index < -0.39 is 0 Å². The Morgan fingerprint density at radius 1 is 1.29 bits per heavy atom. The van der Waals surface area contributed by atoms with Crippen molar-refractivity contribution in [1.29, 1.82) is 0 Å². The van der Waals surface area contributed by atoms with Gasteiger partial charge in [0.05, 0.1) is 5.69 Å². The summed E-state index contributed by atoms with van der Waals surface area (Å²) in [6, 6.07) is 0. The van der Waals surface area contributed by atoms with Crippen molar-refractivity contribution >= 4 is 5.69 Å². The smallest absolute Gasteiger partial charge is 0.290 e. The van der Waals surface area contributed by atoms with E-state index in [1.807, 2.05) is 11.6 Å². The maximum Gasteiger partial charge on any atom is 0.290 e. The van der Waals surface area contributed by atoms with Gasteiger partial charge in [0.1, 0.15) is 5.69 Å². The van der Waals surface area contributed by atoms with Gasteiger partial charge in [-0.05, 0) is 26.7 Å². The Bertz CT molecular complexity index is 398. The molecule has 1 aromatic rings. The Morgan fingerprint density at radius 2 is 1.86 bits per heavy atom. The van der Waals surface area contributed by atoms with Crippen molar-refractivity contribution in [2.24, 2.45) is 0 Å². The summed E-state index contributed by atoms with van der Waals surface area (Å²) >= 11 is 0. The van der Waals surface area contributed by atoms with Gasteiger partial charge in [-0.1, -0.05) is 0 Å². The fraction of sp³-hybridized carbons (Fsp3) is 0.700. The van der Waals surface area contributed by atoms with Crippen molar-refractivity contribution in [1.82, 2.24) is 9.36 Å². The molecule has 0 aliphatic heterocycles. The van der Waals surface area contributed by atoms with E-state index in [9.17, 15) is 4.79 Å². The van der Waals surface area contributed by atoms with Crippen LogP contribution in [-0.4, -0.2) is 9.36 Å². The predicted octanol–water partition coefficient (Wildman–Crippen LogP) is 1.15. The number of nitrogens with zero attached hydrogens (tertiary/aromatic N) is 2. The lowest BCUT2D eigenvalue weighted by atomic mass is 10.2. The molecule has 1 saturated carbocycles. The molecule has 0 amide bonds. The van der Waals surface area contributed by atoms with Gasteiger partial charge in [-0.3, -0.25) is 9.48 Å². The summed E-state index contributed by atoms with van der Waals surface area (Å²) in [5.41, 5.74) is 7.36. The molecule has 0 atom stereocenters. The maximum atomic E-state index is 11.7. The molecular formula is C10H17N3O. The molecule has 4 nitrogen and oxygen atoms in total. The number of hydrogen-bond donors (Lipinski definition) is 1. The van der Waals surface area contributed by atoms with E-state index in [0.717, 1.165) is 12.2 Å². The first kappa shape index (κ1) is 9.37. The fourth-order valence-electron chi connectivity index (χ4n) is 2.07. The Morgan fingerprint density at radius 3 is 2.29 bits per heavy atom. The summed E-state index contributed by atoms with van der Waals surface area (Å²) in [5.74, 6) is 0.537. The van der Waals surface area contributed by atoms with Gasteiger partial charge in [0, 0.05) is 19.0 Å². The summed E-state index contributed by atoms with van der Waals surface area (Å²) in [5, 5.41) is 0. The average Bonchev–Trinajstić information content (AvgIpc) is 2.97. The van der Waals surface area contributed by atoms with E-state index in [0.29, 0.717) is 18.2 Å². The van der Waals surface area contributed by atoms with E-state index >= 15 is 0 Å². The van der Waals surface area contributed by atoms with Gasteiger partial charge >= 0.3 is 0 Å². The molecule has 1 heterocycles. The summed E-state index contributed by atoms with van der Waals surface area (Å²) in [4.78, 5) is 11.7. The quantitative estimate of drug-likeness (QED) is 0.786. The van der Waals surface area contributed by atoms with Crippen LogP contribution in [-0.2, 0) is 13.1 Å². The first-order chi connectivity index (χ1) is 6.70. The molecule has 1 aliphatic rings. The molecule has 2 N–H and O–H groups in total. The second kappa shape index (κ2) is 3.19. The van der Waals surface area contributed by atoms with Crippen LogP contribution in [0.3, 0.4) is 0 Å². The highest BCUT2D eigenvalue weighted by Gasteiger charge is 2.31. The Labute approximate surface area is 83.3 Å². The normalized spacial score (nSPS) is 16.1. The molecular weight excluding hydrogens is 178 g/mol. The fourth-order valence-corrected chi connectivity index (χ4v) is 2.07. The highest BCUT2D eigenvalue weighted by atomic mass is 16.1. The van der Waals surface area contributed by atoms with Crippen LogP contribution in [0.25, 0.3) is 0 Å². The van der Waals surface area contributed by atoms with Crippen molar-refractivity contribution < 1.29 is 0 Å². The third kappa shape index (κ3) is 1.17. The molecule has 1 aliphatic carbocycles. The van der Waals surface area contributed by atoms with E-state index in [2.05, 4.69) is 6.92 Å². The number of anilines is 1. The van der Waals surface area contributed by atoms with Crippen molar-refractivity contribution in [2.45, 2.75) is 45.7 Å². The lowest BCUT2D eigenvalue weighted by molar-refractivity contribution is 0.461. The van der Waals surface area contributed by atoms with E-state index in [1.54, 1.807) is 4.68 Å². The van der Waals surface area contributed by atoms with Crippen molar-refractivity contribution in [3.63, 3.8) is 0 Å². The molecule has 4 heteroatoms. The van der Waals surface area contributed by atoms with E-state index in [-0.39, 0.29) is 5.56 Å². The first-order valence-corrected chi connectivity index (χ1v) is 5.29. The van der Waals surface area contributed by atoms with Crippen molar-refractivity contribution in [2.75, 3.05) is 5.73 Å². The minimum atomic E-state index is -0.0174. The minimum Gasteiger partial charge on any atom is -0.393 e. The number of aromatic nitrogens is 2. The molecule has 0 aromatic carbocycles. The number of nitrogens with two attached hydrogens (primary N) is 1. The van der Waals surface area contributed by atoms with Gasteiger partial charge in [0.2, 0.25) is 0 Å². The van der Waals surface area contributed by atoms with Crippen molar-refractivity contribution in [3.05, 3.63) is 16.0 Å². The molecule has 0 spiro atoms.